The van der Waals surface area contributed by atoms with Crippen LogP contribution in [0.4, 0.5) is 5.95 Å². The number of carbonyl (C=O) groups is 1. The minimum Gasteiger partial charge on any atom is -0.378 e. The lowest BCUT2D eigenvalue weighted by atomic mass is 9.89. The fraction of sp³-hybridized carbons (Fsp3) is 0.444. The van der Waals surface area contributed by atoms with Crippen molar-refractivity contribution in [1.29, 1.82) is 0 Å². The molecule has 5 rings (SSSR count). The first-order valence-corrected chi connectivity index (χ1v) is 13.5. The third kappa shape index (κ3) is 5.87. The molecule has 1 atom stereocenters. The van der Waals surface area contributed by atoms with Gasteiger partial charge in [-0.3, -0.25) is 9.36 Å². The van der Waals surface area contributed by atoms with Crippen LogP contribution in [0, 0.1) is 0 Å². The normalized spacial score (nSPS) is 16.5. The first-order valence-electron chi connectivity index (χ1n) is 12.5. The van der Waals surface area contributed by atoms with Crippen molar-refractivity contribution in [2.45, 2.75) is 50.4 Å². The number of rotatable bonds is 8. The summed E-state index contributed by atoms with van der Waals surface area (Å²) in [6.45, 7) is 5.66. The average Bonchev–Trinajstić information content (AvgIpc) is 3.30. The molecular formula is C27H33N5O2S. The fourth-order valence-electron chi connectivity index (χ4n) is 4.81. The molecule has 0 unspecified atom stereocenters. The predicted octanol–water partition coefficient (Wildman–Crippen LogP) is 4.01. The minimum atomic E-state index is -0.0265. The highest BCUT2D eigenvalue weighted by Gasteiger charge is 2.22. The Bertz CT molecular complexity index is 1140. The second-order valence-electron chi connectivity index (χ2n) is 9.27. The van der Waals surface area contributed by atoms with E-state index in [0.29, 0.717) is 25.5 Å². The number of nitrogens with one attached hydrogen (secondary N) is 1. The van der Waals surface area contributed by atoms with E-state index >= 15 is 0 Å². The molecule has 1 N–H and O–H groups in total. The van der Waals surface area contributed by atoms with Crippen LogP contribution >= 0.6 is 11.8 Å². The molecule has 1 aliphatic carbocycles. The van der Waals surface area contributed by atoms with Crippen molar-refractivity contribution in [3.8, 4) is 0 Å². The number of ether oxygens (including phenoxy) is 1. The number of thioether (sulfide) groups is 1. The van der Waals surface area contributed by atoms with Gasteiger partial charge in [0.15, 0.2) is 5.16 Å². The molecule has 0 radical (unpaired) electrons. The Balaban J connectivity index is 1.25. The topological polar surface area (TPSA) is 72.3 Å². The van der Waals surface area contributed by atoms with Crippen molar-refractivity contribution >= 4 is 23.6 Å². The monoisotopic (exact) mass is 491 g/mol. The van der Waals surface area contributed by atoms with Crippen LogP contribution in [0.2, 0.25) is 0 Å². The molecule has 3 aromatic rings. The first-order chi connectivity index (χ1) is 17.2. The molecular weight excluding hydrogens is 458 g/mol. The Morgan fingerprint density at radius 2 is 1.83 bits per heavy atom. The van der Waals surface area contributed by atoms with Gasteiger partial charge in [0.2, 0.25) is 11.9 Å². The van der Waals surface area contributed by atoms with Crippen LogP contribution in [0.25, 0.3) is 0 Å². The number of benzene rings is 2. The first kappa shape index (κ1) is 23.9. The molecule has 1 amide bonds. The van der Waals surface area contributed by atoms with Gasteiger partial charge in [0.05, 0.1) is 31.6 Å². The zero-order valence-corrected chi connectivity index (χ0v) is 21.1. The Labute approximate surface area is 211 Å². The van der Waals surface area contributed by atoms with Crippen LogP contribution in [0.5, 0.6) is 0 Å². The quantitative estimate of drug-likeness (QED) is 0.480. The van der Waals surface area contributed by atoms with E-state index in [-0.39, 0.29) is 11.9 Å². The van der Waals surface area contributed by atoms with Crippen LogP contribution < -0.4 is 10.2 Å². The minimum absolute atomic E-state index is 0.00223. The van der Waals surface area contributed by atoms with E-state index in [1.807, 2.05) is 18.2 Å². The Kier molecular flexibility index (Phi) is 7.69. The van der Waals surface area contributed by atoms with Gasteiger partial charge in [0, 0.05) is 13.1 Å². The Morgan fingerprint density at radius 1 is 1.06 bits per heavy atom. The van der Waals surface area contributed by atoms with Crippen molar-refractivity contribution in [1.82, 2.24) is 20.1 Å². The summed E-state index contributed by atoms with van der Waals surface area (Å²) in [5, 5.41) is 12.9. The second kappa shape index (κ2) is 11.3. The molecule has 1 saturated heterocycles. The van der Waals surface area contributed by atoms with Crippen LogP contribution in [0.1, 0.15) is 48.1 Å². The standard InChI is InChI=1S/C27H33N5O2S/c1-20(23-12-11-22-9-5-6-10-24(22)17-23)28-25(33)19-35-27-30-29-26(31-13-15-34-16-14-31)32(27)18-21-7-3-2-4-8-21/h2-4,7-8,11-12,17,20H,5-6,9-10,13-16,18-19H2,1H3,(H,28,33)/t20-/m0/s1. The number of hydrogen-bond acceptors (Lipinski definition) is 6. The fourth-order valence-corrected chi connectivity index (χ4v) is 5.55. The number of aryl methyl sites for hydroxylation is 2. The summed E-state index contributed by atoms with van der Waals surface area (Å²) >= 11 is 1.44. The van der Waals surface area contributed by atoms with Gasteiger partial charge in [0.1, 0.15) is 0 Å². The summed E-state index contributed by atoms with van der Waals surface area (Å²) in [5.74, 6) is 1.13. The van der Waals surface area contributed by atoms with Crippen molar-refractivity contribution in [2.75, 3.05) is 37.0 Å². The van der Waals surface area contributed by atoms with Gasteiger partial charge in [-0.2, -0.15) is 0 Å². The maximum absolute atomic E-state index is 12.9. The Morgan fingerprint density at radius 3 is 2.63 bits per heavy atom. The summed E-state index contributed by atoms with van der Waals surface area (Å²) in [5.41, 5.74) is 5.25. The lowest BCUT2D eigenvalue weighted by Gasteiger charge is -2.28. The number of morpholine rings is 1. The molecule has 2 aromatic carbocycles. The third-order valence-corrected chi connectivity index (χ3v) is 7.72. The highest BCUT2D eigenvalue weighted by molar-refractivity contribution is 7.99. The number of fused-ring (bicyclic) bond motifs is 1. The smallest absolute Gasteiger partial charge is 0.230 e. The number of aromatic nitrogens is 3. The molecule has 1 fully saturated rings. The molecule has 8 heteroatoms. The SMILES string of the molecule is C[C@H](NC(=O)CSc1nnc(N2CCOCC2)n1Cc1ccccc1)c1ccc2c(c1)CCCC2. The molecule has 2 heterocycles. The van der Waals surface area contributed by atoms with Gasteiger partial charge in [-0.05, 0) is 54.9 Å². The van der Waals surface area contributed by atoms with Crippen molar-refractivity contribution in [3.05, 3.63) is 70.8 Å². The maximum Gasteiger partial charge on any atom is 0.230 e. The number of nitrogens with zero attached hydrogens (tertiary/aromatic N) is 4. The lowest BCUT2D eigenvalue weighted by Crippen LogP contribution is -2.38. The predicted molar refractivity (Wildman–Crippen MR) is 139 cm³/mol. The zero-order valence-electron chi connectivity index (χ0n) is 20.3. The molecule has 1 aliphatic heterocycles. The van der Waals surface area contributed by atoms with Gasteiger partial charge >= 0.3 is 0 Å². The summed E-state index contributed by atoms with van der Waals surface area (Å²) < 4.78 is 7.63. The van der Waals surface area contributed by atoms with E-state index in [2.05, 4.69) is 62.2 Å². The van der Waals surface area contributed by atoms with E-state index in [1.54, 1.807) is 0 Å². The highest BCUT2D eigenvalue weighted by Crippen LogP contribution is 2.26. The van der Waals surface area contributed by atoms with Gasteiger partial charge in [0.25, 0.3) is 0 Å². The van der Waals surface area contributed by atoms with Crippen molar-refractivity contribution < 1.29 is 9.53 Å². The number of amides is 1. The summed E-state index contributed by atoms with van der Waals surface area (Å²) in [4.78, 5) is 15.1. The second-order valence-corrected chi connectivity index (χ2v) is 10.2. The van der Waals surface area contributed by atoms with E-state index < -0.39 is 0 Å². The van der Waals surface area contributed by atoms with Gasteiger partial charge in [-0.1, -0.05) is 60.3 Å². The van der Waals surface area contributed by atoms with Crippen LogP contribution in [0.3, 0.4) is 0 Å². The summed E-state index contributed by atoms with van der Waals surface area (Å²) in [6.07, 6.45) is 4.84. The van der Waals surface area contributed by atoms with Crippen LogP contribution in [-0.4, -0.2) is 52.7 Å². The highest BCUT2D eigenvalue weighted by atomic mass is 32.2. The molecule has 7 nitrogen and oxygen atoms in total. The van der Waals surface area contributed by atoms with Crippen molar-refractivity contribution in [3.63, 3.8) is 0 Å². The number of carbonyl (C=O) groups excluding carboxylic acids is 1. The molecule has 35 heavy (non-hydrogen) atoms. The van der Waals surface area contributed by atoms with Gasteiger partial charge in [-0.25, -0.2) is 0 Å². The van der Waals surface area contributed by atoms with Crippen LogP contribution in [0.15, 0.2) is 53.7 Å². The molecule has 184 valence electrons. The third-order valence-electron chi connectivity index (χ3n) is 6.76. The molecule has 2 aliphatic rings. The lowest BCUT2D eigenvalue weighted by molar-refractivity contribution is -0.119. The maximum atomic E-state index is 12.9. The largest absolute Gasteiger partial charge is 0.378 e. The van der Waals surface area contributed by atoms with E-state index in [4.69, 9.17) is 4.74 Å². The van der Waals surface area contributed by atoms with Gasteiger partial charge < -0.3 is 15.0 Å². The summed E-state index contributed by atoms with van der Waals surface area (Å²) in [6, 6.07) is 16.9. The average molecular weight is 492 g/mol. The molecule has 1 aromatic heterocycles. The van der Waals surface area contributed by atoms with E-state index in [9.17, 15) is 4.79 Å². The Hall–Kier alpha value is -2.84. The van der Waals surface area contributed by atoms with Crippen LogP contribution in [-0.2, 0) is 28.9 Å². The molecule has 0 bridgehead atoms. The molecule has 0 saturated carbocycles. The van der Waals surface area contributed by atoms with Crippen molar-refractivity contribution in [2.24, 2.45) is 0 Å². The zero-order chi connectivity index (χ0) is 24.0. The van der Waals surface area contributed by atoms with Gasteiger partial charge in [-0.15, -0.1) is 10.2 Å². The molecule has 0 spiro atoms. The number of anilines is 1. The van der Waals surface area contributed by atoms with E-state index in [0.717, 1.165) is 30.6 Å². The van der Waals surface area contributed by atoms with E-state index in [1.165, 1.54) is 53.3 Å². The summed E-state index contributed by atoms with van der Waals surface area (Å²) in [7, 11) is 0. The number of hydrogen-bond donors (Lipinski definition) is 1.